The molecule has 6 heteroatoms. The van der Waals surface area contributed by atoms with Crippen molar-refractivity contribution in [3.05, 3.63) is 87.4 Å². The molecule has 2 N–H and O–H groups in total. The second-order valence-electron chi connectivity index (χ2n) is 8.44. The number of hydrogen-bond donors (Lipinski definition) is 2. The molecule has 3 aromatic rings. The molecular formula is C27H29Cl2N3O. The van der Waals surface area contributed by atoms with Crippen molar-refractivity contribution >= 4 is 46.7 Å². The van der Waals surface area contributed by atoms with Gasteiger partial charge in [0, 0.05) is 43.1 Å². The summed E-state index contributed by atoms with van der Waals surface area (Å²) in [5, 5.41) is 14.8. The van der Waals surface area contributed by atoms with Crippen molar-refractivity contribution in [2.24, 2.45) is 0 Å². The van der Waals surface area contributed by atoms with Crippen LogP contribution in [-0.2, 0) is 6.54 Å². The standard InChI is InChI=1S/C27H29Cl2N3O/c1-31-13-2-14-32(16-15-31)24-9-7-23(8-10-24)30-19-22-17-20(6-12-27(22)33)3-4-21-5-11-25(28)26(29)18-21/h3-12,17-18,30,33H,2,13-16,19H2,1H3/b4-3+. The van der Waals surface area contributed by atoms with Crippen LogP contribution in [0.5, 0.6) is 5.75 Å². The molecule has 1 aliphatic heterocycles. The maximum absolute atomic E-state index is 10.3. The first-order valence-corrected chi connectivity index (χ1v) is 12.0. The lowest BCUT2D eigenvalue weighted by molar-refractivity contribution is 0.360. The number of hydrogen-bond acceptors (Lipinski definition) is 4. The van der Waals surface area contributed by atoms with Gasteiger partial charge in [0.15, 0.2) is 0 Å². The molecule has 4 nitrogen and oxygen atoms in total. The smallest absolute Gasteiger partial charge is 0.120 e. The Morgan fingerprint density at radius 3 is 2.33 bits per heavy atom. The van der Waals surface area contributed by atoms with Crippen molar-refractivity contribution in [2.45, 2.75) is 13.0 Å². The lowest BCUT2D eigenvalue weighted by atomic mass is 10.1. The molecule has 0 atom stereocenters. The first-order chi connectivity index (χ1) is 16.0. The van der Waals surface area contributed by atoms with E-state index in [0.29, 0.717) is 16.6 Å². The number of anilines is 2. The molecule has 1 fully saturated rings. The van der Waals surface area contributed by atoms with Gasteiger partial charge in [0.25, 0.3) is 0 Å². The summed E-state index contributed by atoms with van der Waals surface area (Å²) in [5.74, 6) is 0.277. The summed E-state index contributed by atoms with van der Waals surface area (Å²) in [4.78, 5) is 4.83. The Hall–Kier alpha value is -2.66. The highest BCUT2D eigenvalue weighted by atomic mass is 35.5. The predicted molar refractivity (Wildman–Crippen MR) is 142 cm³/mol. The summed E-state index contributed by atoms with van der Waals surface area (Å²) in [6.07, 6.45) is 5.16. The molecule has 0 spiro atoms. The summed E-state index contributed by atoms with van der Waals surface area (Å²) in [7, 11) is 2.18. The van der Waals surface area contributed by atoms with Gasteiger partial charge < -0.3 is 20.2 Å². The molecule has 33 heavy (non-hydrogen) atoms. The zero-order valence-electron chi connectivity index (χ0n) is 18.8. The fourth-order valence-corrected chi connectivity index (χ4v) is 4.26. The number of nitrogens with one attached hydrogen (secondary N) is 1. The van der Waals surface area contributed by atoms with Crippen molar-refractivity contribution in [2.75, 3.05) is 43.4 Å². The number of halogens is 2. The van der Waals surface area contributed by atoms with Gasteiger partial charge in [-0.05, 0) is 79.7 Å². The van der Waals surface area contributed by atoms with Gasteiger partial charge in [0.2, 0.25) is 0 Å². The van der Waals surface area contributed by atoms with Crippen LogP contribution in [0, 0.1) is 0 Å². The van der Waals surface area contributed by atoms with Gasteiger partial charge >= 0.3 is 0 Å². The van der Waals surface area contributed by atoms with Gasteiger partial charge in [-0.2, -0.15) is 0 Å². The van der Waals surface area contributed by atoms with Gasteiger partial charge in [0.1, 0.15) is 5.75 Å². The van der Waals surface area contributed by atoms with Gasteiger partial charge in [-0.1, -0.05) is 47.5 Å². The molecule has 1 heterocycles. The van der Waals surface area contributed by atoms with E-state index in [2.05, 4.69) is 46.4 Å². The Labute approximate surface area is 206 Å². The number of nitrogens with zero attached hydrogens (tertiary/aromatic N) is 2. The number of likely N-dealkylation sites (N-methyl/N-ethyl adjacent to an activating group) is 1. The van der Waals surface area contributed by atoms with E-state index in [1.54, 1.807) is 12.1 Å². The quantitative estimate of drug-likeness (QED) is 0.387. The fourth-order valence-electron chi connectivity index (χ4n) is 3.95. The van der Waals surface area contributed by atoms with Crippen LogP contribution in [0.4, 0.5) is 11.4 Å². The number of phenols is 1. The van der Waals surface area contributed by atoms with Crippen LogP contribution in [0.3, 0.4) is 0 Å². The average Bonchev–Trinajstić information content (AvgIpc) is 3.04. The summed E-state index contributed by atoms with van der Waals surface area (Å²) < 4.78 is 0. The molecule has 3 aromatic carbocycles. The first kappa shape index (κ1) is 23.5. The Morgan fingerprint density at radius 2 is 1.58 bits per heavy atom. The lowest BCUT2D eigenvalue weighted by Crippen LogP contribution is -2.28. The molecule has 0 unspecified atom stereocenters. The number of rotatable bonds is 6. The minimum Gasteiger partial charge on any atom is -0.508 e. The highest BCUT2D eigenvalue weighted by Crippen LogP contribution is 2.25. The zero-order chi connectivity index (χ0) is 23.2. The average molecular weight is 482 g/mol. The summed E-state index contributed by atoms with van der Waals surface area (Å²) in [6, 6.07) is 19.7. The van der Waals surface area contributed by atoms with E-state index in [4.69, 9.17) is 23.2 Å². The normalized spacial score (nSPS) is 15.1. The summed E-state index contributed by atoms with van der Waals surface area (Å²) in [6.45, 7) is 4.93. The maximum Gasteiger partial charge on any atom is 0.120 e. The predicted octanol–water partition coefficient (Wildman–Crippen LogP) is 6.62. The first-order valence-electron chi connectivity index (χ1n) is 11.2. The van der Waals surface area contributed by atoms with Crippen LogP contribution in [0.1, 0.15) is 23.1 Å². The van der Waals surface area contributed by atoms with E-state index in [0.717, 1.165) is 48.6 Å². The van der Waals surface area contributed by atoms with Gasteiger partial charge in [0.05, 0.1) is 10.0 Å². The SMILES string of the molecule is CN1CCCN(c2ccc(NCc3cc(/C=C/c4ccc(Cl)c(Cl)c4)ccc3O)cc2)CC1. The number of benzene rings is 3. The minimum absolute atomic E-state index is 0.277. The van der Waals surface area contributed by atoms with E-state index < -0.39 is 0 Å². The largest absolute Gasteiger partial charge is 0.508 e. The van der Waals surface area contributed by atoms with Crippen molar-refractivity contribution in [1.82, 2.24) is 4.90 Å². The molecular weight excluding hydrogens is 453 g/mol. The van der Waals surface area contributed by atoms with Crippen LogP contribution < -0.4 is 10.2 Å². The molecule has 4 rings (SSSR count). The molecule has 0 bridgehead atoms. The monoisotopic (exact) mass is 481 g/mol. The third kappa shape index (κ3) is 6.44. The maximum atomic E-state index is 10.3. The van der Waals surface area contributed by atoms with Crippen LogP contribution in [0.15, 0.2) is 60.7 Å². The Kier molecular flexibility index (Phi) is 7.81. The van der Waals surface area contributed by atoms with Crippen molar-refractivity contribution < 1.29 is 5.11 Å². The molecule has 172 valence electrons. The topological polar surface area (TPSA) is 38.7 Å². The third-order valence-corrected chi connectivity index (χ3v) is 6.69. The summed E-state index contributed by atoms with van der Waals surface area (Å²) >= 11 is 12.1. The van der Waals surface area contributed by atoms with E-state index in [-0.39, 0.29) is 5.75 Å². The van der Waals surface area contributed by atoms with Crippen molar-refractivity contribution in [3.8, 4) is 5.75 Å². The molecule has 0 aliphatic carbocycles. The fraction of sp³-hybridized carbons (Fsp3) is 0.259. The van der Waals surface area contributed by atoms with Crippen molar-refractivity contribution in [1.29, 1.82) is 0 Å². The molecule has 1 aliphatic rings. The van der Waals surface area contributed by atoms with Crippen LogP contribution in [-0.4, -0.2) is 43.2 Å². The third-order valence-electron chi connectivity index (χ3n) is 5.95. The van der Waals surface area contributed by atoms with Crippen LogP contribution in [0.25, 0.3) is 12.2 Å². The highest BCUT2D eigenvalue weighted by Gasteiger charge is 2.12. The van der Waals surface area contributed by atoms with Gasteiger partial charge in [-0.3, -0.25) is 0 Å². The van der Waals surface area contributed by atoms with Crippen LogP contribution >= 0.6 is 23.2 Å². The van der Waals surface area contributed by atoms with Gasteiger partial charge in [-0.25, -0.2) is 0 Å². The van der Waals surface area contributed by atoms with E-state index in [1.165, 1.54) is 12.1 Å². The Balaban J connectivity index is 1.38. The highest BCUT2D eigenvalue weighted by molar-refractivity contribution is 6.42. The Morgan fingerprint density at radius 1 is 0.848 bits per heavy atom. The second kappa shape index (κ2) is 11.0. The van der Waals surface area contributed by atoms with Gasteiger partial charge in [-0.15, -0.1) is 0 Å². The van der Waals surface area contributed by atoms with Crippen LogP contribution in [0.2, 0.25) is 10.0 Å². The molecule has 0 saturated carbocycles. The summed E-state index contributed by atoms with van der Waals surface area (Å²) in [5.41, 5.74) is 5.09. The molecule has 0 radical (unpaired) electrons. The molecule has 0 aromatic heterocycles. The van der Waals surface area contributed by atoms with E-state index >= 15 is 0 Å². The second-order valence-corrected chi connectivity index (χ2v) is 9.25. The van der Waals surface area contributed by atoms with E-state index in [9.17, 15) is 5.11 Å². The minimum atomic E-state index is 0.277. The van der Waals surface area contributed by atoms with E-state index in [1.807, 2.05) is 36.4 Å². The Bertz CT molecular complexity index is 1110. The number of phenolic OH excluding ortho intramolecular Hbond substituents is 1. The van der Waals surface area contributed by atoms with Crippen molar-refractivity contribution in [3.63, 3.8) is 0 Å². The zero-order valence-corrected chi connectivity index (χ0v) is 20.3. The molecule has 0 amide bonds. The number of aromatic hydroxyl groups is 1. The molecule has 1 saturated heterocycles. The lowest BCUT2D eigenvalue weighted by Gasteiger charge is -2.23.